The molecular weight excluding hydrogens is 410 g/mol. The number of aliphatic hydroxyl groups excluding tert-OH is 1. The highest BCUT2D eigenvalue weighted by molar-refractivity contribution is 7.92. The minimum Gasteiger partial charge on any atom is -0.389 e. The van der Waals surface area contributed by atoms with E-state index in [4.69, 9.17) is 0 Å². The summed E-state index contributed by atoms with van der Waals surface area (Å²) in [5, 5.41) is 10.9. The topological polar surface area (TPSA) is 75.4 Å². The molecule has 160 valence electrons. The molecule has 0 fully saturated rings. The third-order valence-corrected chi connectivity index (χ3v) is 7.02. The van der Waals surface area contributed by atoms with Crippen LogP contribution < -0.4 is 4.31 Å². The van der Waals surface area contributed by atoms with Crippen molar-refractivity contribution >= 4 is 26.7 Å². The number of imidazole rings is 1. The second-order valence-electron chi connectivity index (χ2n) is 7.73. The standard InChI is InChI=1S/C24H25N3O3S/c1-18-10-12-22(13-11-18)31(29,30)27(20-7-5-6-19(2)14-20)16-21(28)15-26-17-25-23-8-3-4-9-24(23)26/h3-14,17,21,28H,15-16H2,1-2H3/t21-/m0/s1. The van der Waals surface area contributed by atoms with E-state index in [1.54, 1.807) is 36.7 Å². The van der Waals surface area contributed by atoms with Crippen LogP contribution in [0, 0.1) is 13.8 Å². The highest BCUT2D eigenvalue weighted by Gasteiger charge is 2.27. The first-order valence-corrected chi connectivity index (χ1v) is 11.5. The molecule has 0 radical (unpaired) electrons. The molecule has 0 bridgehead atoms. The van der Waals surface area contributed by atoms with Gasteiger partial charge in [-0.05, 0) is 55.8 Å². The molecule has 1 N–H and O–H groups in total. The van der Waals surface area contributed by atoms with Crippen molar-refractivity contribution in [3.05, 3.63) is 90.3 Å². The number of aliphatic hydroxyl groups is 1. The minimum atomic E-state index is -3.86. The van der Waals surface area contributed by atoms with Crippen LogP contribution in [0.3, 0.4) is 0 Å². The van der Waals surface area contributed by atoms with Crippen LogP contribution in [0.1, 0.15) is 11.1 Å². The summed E-state index contributed by atoms with van der Waals surface area (Å²) in [5.41, 5.74) is 4.17. The zero-order valence-corrected chi connectivity index (χ0v) is 18.3. The summed E-state index contributed by atoms with van der Waals surface area (Å²) in [6.07, 6.45) is 0.734. The normalized spacial score (nSPS) is 12.7. The van der Waals surface area contributed by atoms with Gasteiger partial charge in [0.2, 0.25) is 0 Å². The molecule has 6 nitrogen and oxygen atoms in total. The predicted octanol–water partition coefficient (Wildman–Crippen LogP) is 3.91. The number of hydrogen-bond acceptors (Lipinski definition) is 4. The molecule has 0 unspecified atom stereocenters. The summed E-state index contributed by atoms with van der Waals surface area (Å²) in [5.74, 6) is 0. The molecule has 0 saturated carbocycles. The van der Waals surface area contributed by atoms with Crippen molar-refractivity contribution in [2.45, 2.75) is 31.4 Å². The summed E-state index contributed by atoms with van der Waals surface area (Å²) in [7, 11) is -3.86. The summed E-state index contributed by atoms with van der Waals surface area (Å²) in [6, 6.07) is 21.7. The third-order valence-electron chi connectivity index (χ3n) is 5.21. The van der Waals surface area contributed by atoms with Crippen LogP contribution in [0.2, 0.25) is 0 Å². The van der Waals surface area contributed by atoms with Gasteiger partial charge < -0.3 is 9.67 Å². The van der Waals surface area contributed by atoms with Gasteiger partial charge >= 0.3 is 0 Å². The fraction of sp³-hybridized carbons (Fsp3) is 0.208. The number of sulfonamides is 1. The number of aryl methyl sites for hydroxylation is 2. The van der Waals surface area contributed by atoms with Crippen molar-refractivity contribution in [3.63, 3.8) is 0 Å². The molecule has 4 aromatic rings. The zero-order valence-electron chi connectivity index (χ0n) is 17.5. The van der Waals surface area contributed by atoms with Gasteiger partial charge in [-0.2, -0.15) is 0 Å². The lowest BCUT2D eigenvalue weighted by atomic mass is 10.2. The molecule has 0 spiro atoms. The van der Waals surface area contributed by atoms with Gasteiger partial charge in [-0.15, -0.1) is 0 Å². The van der Waals surface area contributed by atoms with Gasteiger partial charge in [-0.3, -0.25) is 4.31 Å². The number of hydrogen-bond donors (Lipinski definition) is 1. The molecule has 3 aromatic carbocycles. The number of anilines is 1. The average molecular weight is 436 g/mol. The van der Waals surface area contributed by atoms with Gasteiger partial charge in [0, 0.05) is 0 Å². The fourth-order valence-electron chi connectivity index (χ4n) is 3.59. The fourth-order valence-corrected chi connectivity index (χ4v) is 5.09. The second-order valence-corrected chi connectivity index (χ2v) is 9.59. The maximum absolute atomic E-state index is 13.5. The van der Waals surface area contributed by atoms with Crippen molar-refractivity contribution in [2.24, 2.45) is 0 Å². The molecule has 1 aromatic heterocycles. The van der Waals surface area contributed by atoms with Crippen molar-refractivity contribution in [1.29, 1.82) is 0 Å². The Labute approximate surface area is 182 Å². The zero-order chi connectivity index (χ0) is 22.0. The monoisotopic (exact) mass is 435 g/mol. The number of benzene rings is 3. The Morgan fingerprint density at radius 2 is 1.71 bits per heavy atom. The largest absolute Gasteiger partial charge is 0.389 e. The highest BCUT2D eigenvalue weighted by atomic mass is 32.2. The molecule has 0 amide bonds. The number of rotatable bonds is 7. The number of aromatic nitrogens is 2. The first-order chi connectivity index (χ1) is 14.8. The van der Waals surface area contributed by atoms with Crippen LogP contribution in [-0.2, 0) is 16.6 Å². The van der Waals surface area contributed by atoms with Gasteiger partial charge in [0.05, 0.1) is 47.1 Å². The van der Waals surface area contributed by atoms with Crippen molar-refractivity contribution in [2.75, 3.05) is 10.8 Å². The summed E-state index contributed by atoms with van der Waals surface area (Å²) in [4.78, 5) is 4.54. The van der Waals surface area contributed by atoms with E-state index in [2.05, 4.69) is 4.98 Å². The van der Waals surface area contributed by atoms with Crippen molar-refractivity contribution in [1.82, 2.24) is 9.55 Å². The molecule has 31 heavy (non-hydrogen) atoms. The van der Waals surface area contributed by atoms with Crippen molar-refractivity contribution < 1.29 is 13.5 Å². The maximum atomic E-state index is 13.5. The predicted molar refractivity (Wildman–Crippen MR) is 123 cm³/mol. The van der Waals surface area contributed by atoms with Crippen LogP contribution in [0.4, 0.5) is 5.69 Å². The second kappa shape index (κ2) is 8.53. The van der Waals surface area contributed by atoms with E-state index in [1.165, 1.54) is 4.31 Å². The summed E-state index contributed by atoms with van der Waals surface area (Å²) >= 11 is 0. The van der Waals surface area contributed by atoms with E-state index in [-0.39, 0.29) is 18.0 Å². The lowest BCUT2D eigenvalue weighted by molar-refractivity contribution is 0.164. The van der Waals surface area contributed by atoms with Crippen LogP contribution in [0.5, 0.6) is 0 Å². The van der Waals surface area contributed by atoms with Gasteiger partial charge in [0.15, 0.2) is 0 Å². The maximum Gasteiger partial charge on any atom is 0.264 e. The molecule has 0 aliphatic carbocycles. The van der Waals surface area contributed by atoms with Gasteiger partial charge in [-0.25, -0.2) is 13.4 Å². The third kappa shape index (κ3) is 4.47. The van der Waals surface area contributed by atoms with Gasteiger partial charge in [0.25, 0.3) is 10.0 Å². The van der Waals surface area contributed by atoms with E-state index < -0.39 is 16.1 Å². The first kappa shape index (κ1) is 21.1. The Bertz CT molecular complexity index is 1300. The van der Waals surface area contributed by atoms with Gasteiger partial charge in [-0.1, -0.05) is 42.0 Å². The van der Waals surface area contributed by atoms with E-state index in [9.17, 15) is 13.5 Å². The number of para-hydroxylation sites is 2. The average Bonchev–Trinajstić information content (AvgIpc) is 3.15. The van der Waals surface area contributed by atoms with Crippen LogP contribution in [0.15, 0.2) is 84.0 Å². The molecular formula is C24H25N3O3S. The molecule has 0 saturated heterocycles. The SMILES string of the molecule is Cc1ccc(S(=O)(=O)N(C[C@@H](O)Cn2cnc3ccccc32)c2cccc(C)c2)cc1. The summed E-state index contributed by atoms with van der Waals surface area (Å²) in [6.45, 7) is 3.97. The number of nitrogens with zero attached hydrogens (tertiary/aromatic N) is 3. The molecule has 7 heteroatoms. The highest BCUT2D eigenvalue weighted by Crippen LogP contribution is 2.25. The van der Waals surface area contributed by atoms with Crippen LogP contribution in [-0.4, -0.2) is 35.7 Å². The van der Waals surface area contributed by atoms with Crippen molar-refractivity contribution in [3.8, 4) is 0 Å². The quantitative estimate of drug-likeness (QED) is 0.478. The molecule has 4 rings (SSSR count). The summed E-state index contributed by atoms with van der Waals surface area (Å²) < 4.78 is 30.1. The smallest absolute Gasteiger partial charge is 0.264 e. The van der Waals surface area contributed by atoms with Crippen LogP contribution >= 0.6 is 0 Å². The Hall–Kier alpha value is -3.16. The molecule has 1 heterocycles. The Kier molecular flexibility index (Phi) is 5.80. The van der Waals surface area contributed by atoms with E-state index >= 15 is 0 Å². The van der Waals surface area contributed by atoms with E-state index in [0.29, 0.717) is 5.69 Å². The minimum absolute atomic E-state index is 0.0772. The van der Waals surface area contributed by atoms with Crippen LogP contribution in [0.25, 0.3) is 11.0 Å². The Morgan fingerprint density at radius 3 is 2.45 bits per heavy atom. The molecule has 0 aliphatic rings. The first-order valence-electron chi connectivity index (χ1n) is 10.1. The Morgan fingerprint density at radius 1 is 0.968 bits per heavy atom. The lowest BCUT2D eigenvalue weighted by Gasteiger charge is -2.27. The number of fused-ring (bicyclic) bond motifs is 1. The Balaban J connectivity index is 1.66. The van der Waals surface area contributed by atoms with E-state index in [1.807, 2.05) is 60.9 Å². The van der Waals surface area contributed by atoms with E-state index in [0.717, 1.165) is 22.2 Å². The molecule has 0 aliphatic heterocycles. The van der Waals surface area contributed by atoms with Gasteiger partial charge in [0.1, 0.15) is 0 Å². The molecule has 1 atom stereocenters. The lowest BCUT2D eigenvalue weighted by Crippen LogP contribution is -2.39.